The van der Waals surface area contributed by atoms with Crippen molar-refractivity contribution in [2.45, 2.75) is 19.0 Å². The van der Waals surface area contributed by atoms with Gasteiger partial charge in [-0.1, -0.05) is 54.1 Å². The Balaban J connectivity index is 1.58. The monoisotopic (exact) mass is 396 g/mol. The molecular weight excluding hydrogens is 378 g/mol. The van der Waals surface area contributed by atoms with Gasteiger partial charge in [-0.2, -0.15) is 0 Å². The van der Waals surface area contributed by atoms with Crippen LogP contribution in [-0.2, 0) is 0 Å². The quantitative estimate of drug-likeness (QED) is 0.506. The highest BCUT2D eigenvalue weighted by Gasteiger charge is 2.25. The molecule has 2 aromatic heterocycles. The van der Waals surface area contributed by atoms with Crippen molar-refractivity contribution < 1.29 is 9.73 Å². The van der Waals surface area contributed by atoms with Gasteiger partial charge >= 0.3 is 0 Å². The summed E-state index contributed by atoms with van der Waals surface area (Å²) in [4.78, 5) is 1.29. The minimum Gasteiger partial charge on any atom is -0.415 e. The van der Waals surface area contributed by atoms with Crippen LogP contribution in [0.1, 0.15) is 35.3 Å². The van der Waals surface area contributed by atoms with Gasteiger partial charge in [-0.15, -0.1) is 21.5 Å². The Labute approximate surface area is 166 Å². The number of hydrogen-bond acceptors (Lipinski definition) is 4. The zero-order chi connectivity index (χ0) is 18.6. The molecule has 0 fully saturated rings. The fourth-order valence-corrected chi connectivity index (χ4v) is 4.05. The van der Waals surface area contributed by atoms with E-state index in [1.807, 2.05) is 30.3 Å². The molecule has 4 rings (SSSR count). The largest absolute Gasteiger partial charge is 0.415 e. The molecule has 4 nitrogen and oxygen atoms in total. The lowest BCUT2D eigenvalue weighted by atomic mass is 10.0. The second-order valence-corrected chi connectivity index (χ2v) is 7.76. The Morgan fingerprint density at radius 3 is 2.59 bits per heavy atom. The van der Waals surface area contributed by atoms with Crippen LogP contribution in [0.5, 0.6) is 0 Å². The van der Waals surface area contributed by atoms with E-state index >= 15 is 0 Å². The summed E-state index contributed by atoms with van der Waals surface area (Å²) >= 11 is 7.82. The van der Waals surface area contributed by atoms with Crippen molar-refractivity contribution in [2.24, 2.45) is 0 Å². The molecule has 2 atom stereocenters. The van der Waals surface area contributed by atoms with Gasteiger partial charge in [-0.05, 0) is 36.6 Å². The number of halogens is 1. The molecule has 0 bridgehead atoms. The highest BCUT2D eigenvalue weighted by atomic mass is 35.5. The van der Waals surface area contributed by atoms with E-state index in [0.717, 1.165) is 5.56 Å². The Morgan fingerprint density at radius 2 is 1.85 bits per heavy atom. The fraction of sp³-hybridized carbons (Fsp3) is 0.143. The van der Waals surface area contributed by atoms with E-state index in [1.54, 1.807) is 11.3 Å². The second kappa shape index (κ2) is 8.05. The van der Waals surface area contributed by atoms with E-state index in [-0.39, 0.29) is 12.1 Å². The SMILES string of the molecule is C[C@@H]([NH2+][C@@H](c1ccccc1)c1cccs1)c1nnc(-c2cccc(Cl)c2)o1. The average Bonchev–Trinajstić information content (AvgIpc) is 3.39. The third kappa shape index (κ3) is 4.11. The Bertz CT molecular complexity index is 1000. The van der Waals surface area contributed by atoms with E-state index in [0.29, 0.717) is 16.8 Å². The maximum atomic E-state index is 6.06. The number of aromatic nitrogens is 2. The zero-order valence-corrected chi connectivity index (χ0v) is 16.3. The van der Waals surface area contributed by atoms with Crippen molar-refractivity contribution in [2.75, 3.05) is 0 Å². The van der Waals surface area contributed by atoms with Gasteiger partial charge in [0.05, 0.1) is 4.88 Å². The van der Waals surface area contributed by atoms with Crippen LogP contribution < -0.4 is 5.32 Å². The lowest BCUT2D eigenvalue weighted by molar-refractivity contribution is -0.725. The molecule has 0 amide bonds. The van der Waals surface area contributed by atoms with Crippen molar-refractivity contribution in [3.8, 4) is 11.5 Å². The second-order valence-electron chi connectivity index (χ2n) is 6.34. The Morgan fingerprint density at radius 1 is 1.00 bits per heavy atom. The molecule has 0 radical (unpaired) electrons. The summed E-state index contributed by atoms with van der Waals surface area (Å²) in [7, 11) is 0. The van der Waals surface area contributed by atoms with Gasteiger partial charge in [0.25, 0.3) is 5.89 Å². The minimum absolute atomic E-state index is 0.0118. The Hall–Kier alpha value is -2.47. The van der Waals surface area contributed by atoms with Crippen LogP contribution in [0.15, 0.2) is 76.5 Å². The van der Waals surface area contributed by atoms with Crippen molar-refractivity contribution in [3.05, 3.63) is 93.5 Å². The minimum atomic E-state index is 0.0118. The third-order valence-electron chi connectivity index (χ3n) is 4.39. The van der Waals surface area contributed by atoms with Crippen molar-refractivity contribution >= 4 is 22.9 Å². The first-order chi connectivity index (χ1) is 13.2. The smallest absolute Gasteiger partial charge is 0.274 e. The molecule has 0 saturated heterocycles. The molecule has 27 heavy (non-hydrogen) atoms. The van der Waals surface area contributed by atoms with Gasteiger partial charge in [-0.3, -0.25) is 0 Å². The molecular formula is C21H19ClN3OS+. The number of rotatable bonds is 6. The topological polar surface area (TPSA) is 55.5 Å². The molecule has 2 N–H and O–H groups in total. The summed E-state index contributed by atoms with van der Waals surface area (Å²) in [6.45, 7) is 2.08. The van der Waals surface area contributed by atoms with Gasteiger partial charge in [0.1, 0.15) is 6.04 Å². The van der Waals surface area contributed by atoms with Crippen molar-refractivity contribution in [3.63, 3.8) is 0 Å². The van der Waals surface area contributed by atoms with Gasteiger partial charge in [0.2, 0.25) is 5.89 Å². The van der Waals surface area contributed by atoms with Crippen LogP contribution in [0.4, 0.5) is 0 Å². The Kier molecular flexibility index (Phi) is 5.34. The van der Waals surface area contributed by atoms with Crippen LogP contribution in [0.2, 0.25) is 5.02 Å². The predicted molar refractivity (Wildman–Crippen MR) is 108 cm³/mol. The van der Waals surface area contributed by atoms with Crippen LogP contribution in [0, 0.1) is 0 Å². The van der Waals surface area contributed by atoms with Crippen LogP contribution in [-0.4, -0.2) is 10.2 Å². The zero-order valence-electron chi connectivity index (χ0n) is 14.7. The molecule has 0 unspecified atom stereocenters. The van der Waals surface area contributed by atoms with E-state index in [9.17, 15) is 0 Å². The van der Waals surface area contributed by atoms with E-state index < -0.39 is 0 Å². The van der Waals surface area contributed by atoms with Gasteiger partial charge < -0.3 is 9.73 Å². The number of benzene rings is 2. The van der Waals surface area contributed by atoms with Gasteiger partial charge in [-0.25, -0.2) is 0 Å². The van der Waals surface area contributed by atoms with Crippen LogP contribution in [0.25, 0.3) is 11.5 Å². The third-order valence-corrected chi connectivity index (χ3v) is 5.58. The number of quaternary nitrogens is 1. The first kappa shape index (κ1) is 17.9. The molecule has 2 aromatic carbocycles. The fourth-order valence-electron chi connectivity index (χ4n) is 3.03. The number of hydrogen-bond donors (Lipinski definition) is 1. The molecule has 0 aliphatic heterocycles. The molecule has 0 saturated carbocycles. The molecule has 6 heteroatoms. The molecule has 0 aliphatic rings. The van der Waals surface area contributed by atoms with Crippen LogP contribution in [0.3, 0.4) is 0 Å². The summed E-state index contributed by atoms with van der Waals surface area (Å²) < 4.78 is 5.93. The number of nitrogens with two attached hydrogens (primary N) is 1. The lowest BCUT2D eigenvalue weighted by Crippen LogP contribution is -2.85. The molecule has 2 heterocycles. The highest BCUT2D eigenvalue weighted by molar-refractivity contribution is 7.10. The highest BCUT2D eigenvalue weighted by Crippen LogP contribution is 2.25. The van der Waals surface area contributed by atoms with Crippen molar-refractivity contribution in [1.82, 2.24) is 10.2 Å². The van der Waals surface area contributed by atoms with Crippen molar-refractivity contribution in [1.29, 1.82) is 0 Å². The van der Waals surface area contributed by atoms with E-state index in [1.165, 1.54) is 10.4 Å². The standard InChI is InChI=1S/C21H18ClN3OS/c1-14(20-24-25-21(26-20)16-9-5-10-17(22)13-16)23-19(18-11-6-12-27-18)15-7-3-2-4-8-15/h2-14,19,23H,1H3/p+1/t14-,19+/m1/s1. The van der Waals surface area contributed by atoms with Gasteiger partial charge in [0.15, 0.2) is 6.04 Å². The van der Waals surface area contributed by atoms with E-state index in [4.69, 9.17) is 16.0 Å². The molecule has 0 spiro atoms. The lowest BCUT2D eigenvalue weighted by Gasteiger charge is -2.17. The normalized spacial score (nSPS) is 13.4. The molecule has 136 valence electrons. The maximum Gasteiger partial charge on any atom is 0.274 e. The number of nitrogens with zero attached hydrogens (tertiary/aromatic N) is 2. The van der Waals surface area contributed by atoms with Crippen LogP contribution >= 0.6 is 22.9 Å². The first-order valence-electron chi connectivity index (χ1n) is 8.73. The summed E-state index contributed by atoms with van der Waals surface area (Å²) in [6.07, 6.45) is 0. The predicted octanol–water partition coefficient (Wildman–Crippen LogP) is 4.87. The maximum absolute atomic E-state index is 6.06. The average molecular weight is 397 g/mol. The summed E-state index contributed by atoms with van der Waals surface area (Å²) in [6, 6.07) is 22.4. The summed E-state index contributed by atoms with van der Waals surface area (Å²) in [5, 5.41) is 13.5. The van der Waals surface area contributed by atoms with Gasteiger partial charge in [0, 0.05) is 16.1 Å². The molecule has 4 aromatic rings. The first-order valence-corrected chi connectivity index (χ1v) is 9.99. The molecule has 0 aliphatic carbocycles. The number of thiophene rings is 1. The summed E-state index contributed by atoms with van der Waals surface area (Å²) in [5.74, 6) is 1.09. The summed E-state index contributed by atoms with van der Waals surface area (Å²) in [5.41, 5.74) is 2.08. The van der Waals surface area contributed by atoms with E-state index in [2.05, 4.69) is 64.2 Å².